The predicted octanol–water partition coefficient (Wildman–Crippen LogP) is 8.50. The van der Waals surface area contributed by atoms with Crippen molar-refractivity contribution in [2.75, 3.05) is 20.3 Å². The van der Waals surface area contributed by atoms with Crippen LogP contribution in [0.4, 0.5) is 4.79 Å². The van der Waals surface area contributed by atoms with Crippen molar-refractivity contribution in [3.05, 3.63) is 143 Å². The third kappa shape index (κ3) is 8.15. The topological polar surface area (TPSA) is 89.9 Å². The average Bonchev–Trinajstić information content (AvgIpc) is 3.66. The van der Waals surface area contributed by atoms with Crippen LogP contribution in [0.1, 0.15) is 48.4 Å². The number of benzene rings is 4. The van der Waals surface area contributed by atoms with Crippen LogP contribution in [-0.4, -0.2) is 59.8 Å². The molecule has 1 heterocycles. The van der Waals surface area contributed by atoms with Gasteiger partial charge in [-0.25, -0.2) is 9.59 Å². The van der Waals surface area contributed by atoms with Crippen molar-refractivity contribution < 1.29 is 23.9 Å². The molecule has 0 saturated carbocycles. The molecule has 1 aromatic heterocycles. The quantitative estimate of drug-likeness (QED) is 0.0906. The van der Waals surface area contributed by atoms with Gasteiger partial charge in [0.1, 0.15) is 25.3 Å². The second kappa shape index (κ2) is 16.5. The molecular weight excluding hydrogens is 718 g/mol. The highest BCUT2D eigenvalue weighted by Crippen LogP contribution is 2.44. The number of carbonyl (C=O) groups excluding carboxylic acids is 3. The monoisotopic (exact) mass is 761 g/mol. The lowest BCUT2D eigenvalue weighted by atomic mass is 9.98. The summed E-state index contributed by atoms with van der Waals surface area (Å²) in [6.45, 7) is 8.35. The summed E-state index contributed by atoms with van der Waals surface area (Å²) in [5.74, 6) is -1.06. The Morgan fingerprint density at radius 2 is 1.54 bits per heavy atom. The van der Waals surface area contributed by atoms with E-state index in [9.17, 15) is 14.4 Å². The fourth-order valence-corrected chi connectivity index (χ4v) is 7.30. The number of rotatable bonds is 14. The lowest BCUT2D eigenvalue weighted by Gasteiger charge is -2.29. The van der Waals surface area contributed by atoms with E-state index in [4.69, 9.17) is 9.47 Å². The molecule has 0 aliphatic heterocycles. The molecular formula is C43H44BrN3O5. The lowest BCUT2D eigenvalue weighted by Crippen LogP contribution is -2.53. The summed E-state index contributed by atoms with van der Waals surface area (Å²) in [4.78, 5) is 42.7. The molecule has 0 spiro atoms. The van der Waals surface area contributed by atoms with Gasteiger partial charge in [-0.2, -0.15) is 0 Å². The number of carbonyl (C=O) groups is 3. The first-order valence-electron chi connectivity index (χ1n) is 17.6. The summed E-state index contributed by atoms with van der Waals surface area (Å²) in [5.41, 5.74) is 7.47. The number of likely N-dealkylation sites (N-methyl/N-ethyl adjacent to an activating group) is 1. The molecule has 2 amide bonds. The van der Waals surface area contributed by atoms with Crippen LogP contribution in [0.3, 0.4) is 0 Å². The van der Waals surface area contributed by atoms with Crippen molar-refractivity contribution >= 4 is 44.8 Å². The molecule has 6 rings (SSSR count). The molecule has 5 aromatic rings. The molecule has 4 aromatic carbocycles. The van der Waals surface area contributed by atoms with Crippen molar-refractivity contribution in [2.45, 2.75) is 51.2 Å². The van der Waals surface area contributed by atoms with Crippen LogP contribution < -0.4 is 5.32 Å². The number of nitrogens with zero attached hydrogens (tertiary/aromatic N) is 2. The predicted molar refractivity (Wildman–Crippen MR) is 208 cm³/mol. The maximum atomic E-state index is 14.3. The Bertz CT molecular complexity index is 2030. The van der Waals surface area contributed by atoms with Gasteiger partial charge in [-0.1, -0.05) is 121 Å². The SMILES string of the molecule is C=CCOC(=O)[C@H](CC(C)C)NC(=O)[C@H](Cc1cn(Cc2ccc(Br)cc2)c2ccccc12)N(C)C(=O)OCC1c2ccccc2-c2ccccc21. The van der Waals surface area contributed by atoms with Gasteiger partial charge in [0.05, 0.1) is 0 Å². The summed E-state index contributed by atoms with van der Waals surface area (Å²) in [5, 5.41) is 3.90. The Kier molecular flexibility index (Phi) is 11.6. The largest absolute Gasteiger partial charge is 0.460 e. The molecule has 8 nitrogen and oxygen atoms in total. The number of halogens is 1. The number of fused-ring (bicyclic) bond motifs is 4. The van der Waals surface area contributed by atoms with Crippen molar-refractivity contribution in [3.63, 3.8) is 0 Å². The number of nitrogens with one attached hydrogen (secondary N) is 1. The minimum absolute atomic E-state index is 0.0320. The molecule has 1 N–H and O–H groups in total. The van der Waals surface area contributed by atoms with Gasteiger partial charge in [0.15, 0.2) is 0 Å². The van der Waals surface area contributed by atoms with E-state index in [1.165, 1.54) is 11.0 Å². The molecule has 2 atom stereocenters. The molecule has 0 radical (unpaired) electrons. The second-order valence-electron chi connectivity index (χ2n) is 13.7. The Morgan fingerprint density at radius 1 is 0.904 bits per heavy atom. The summed E-state index contributed by atoms with van der Waals surface area (Å²) < 4.78 is 14.5. The summed E-state index contributed by atoms with van der Waals surface area (Å²) >= 11 is 3.52. The van der Waals surface area contributed by atoms with Gasteiger partial charge in [0.2, 0.25) is 5.91 Å². The lowest BCUT2D eigenvalue weighted by molar-refractivity contribution is -0.147. The van der Waals surface area contributed by atoms with E-state index in [0.717, 1.165) is 48.8 Å². The van der Waals surface area contributed by atoms with E-state index in [2.05, 4.69) is 74.9 Å². The maximum absolute atomic E-state index is 14.3. The van der Waals surface area contributed by atoms with E-state index in [0.29, 0.717) is 13.0 Å². The van der Waals surface area contributed by atoms with Crippen LogP contribution in [0.2, 0.25) is 0 Å². The second-order valence-corrected chi connectivity index (χ2v) is 14.6. The molecule has 0 saturated heterocycles. The first-order valence-corrected chi connectivity index (χ1v) is 18.4. The van der Waals surface area contributed by atoms with E-state index < -0.39 is 30.1 Å². The van der Waals surface area contributed by atoms with Gasteiger partial charge in [0.25, 0.3) is 0 Å². The number of para-hydroxylation sites is 1. The first kappa shape index (κ1) is 36.6. The maximum Gasteiger partial charge on any atom is 0.410 e. The fourth-order valence-electron chi connectivity index (χ4n) is 7.03. The van der Waals surface area contributed by atoms with Gasteiger partial charge >= 0.3 is 12.1 Å². The number of aromatic nitrogens is 1. The molecule has 268 valence electrons. The van der Waals surface area contributed by atoms with Crippen LogP contribution in [-0.2, 0) is 32.0 Å². The highest BCUT2D eigenvalue weighted by molar-refractivity contribution is 9.10. The number of esters is 1. The highest BCUT2D eigenvalue weighted by Gasteiger charge is 2.35. The number of hydrogen-bond acceptors (Lipinski definition) is 5. The van der Waals surface area contributed by atoms with Crippen LogP contribution >= 0.6 is 15.9 Å². The molecule has 52 heavy (non-hydrogen) atoms. The molecule has 1 aliphatic carbocycles. The van der Waals surface area contributed by atoms with Gasteiger partial charge in [0, 0.05) is 47.5 Å². The summed E-state index contributed by atoms with van der Waals surface area (Å²) in [6.07, 6.45) is 3.47. The Hall–Kier alpha value is -5.15. The normalized spacial score (nSPS) is 13.2. The number of hydrogen-bond donors (Lipinski definition) is 1. The average molecular weight is 763 g/mol. The smallest absolute Gasteiger partial charge is 0.410 e. The Morgan fingerprint density at radius 3 is 2.19 bits per heavy atom. The van der Waals surface area contributed by atoms with Gasteiger partial charge in [-0.3, -0.25) is 9.69 Å². The standard InChI is InChI=1S/C43H44BrN3O5/c1-5-22-51-42(49)38(23-28(2)3)45-41(48)40(24-30-26-47(39-17-11-10-12-32(30)39)25-29-18-20-31(44)21-19-29)46(4)43(50)52-27-37-35-15-8-6-13-33(35)34-14-7-9-16-36(34)37/h5-21,26,28,37-38,40H,1,22-25,27H2,2-4H3,(H,45,48)/t38-,40-/m0/s1. The Balaban J connectivity index is 1.29. The highest BCUT2D eigenvalue weighted by atomic mass is 79.9. The molecule has 0 bridgehead atoms. The van der Waals surface area contributed by atoms with Gasteiger partial charge in [-0.15, -0.1) is 0 Å². The van der Waals surface area contributed by atoms with E-state index in [-0.39, 0.29) is 31.5 Å². The van der Waals surface area contributed by atoms with Crippen LogP contribution in [0.5, 0.6) is 0 Å². The minimum Gasteiger partial charge on any atom is -0.460 e. The zero-order valence-electron chi connectivity index (χ0n) is 29.8. The van der Waals surface area contributed by atoms with Gasteiger partial charge in [-0.05, 0) is 63.9 Å². The zero-order valence-corrected chi connectivity index (χ0v) is 31.3. The van der Waals surface area contributed by atoms with Crippen molar-refractivity contribution in [1.82, 2.24) is 14.8 Å². The molecule has 0 unspecified atom stereocenters. The minimum atomic E-state index is -0.996. The fraction of sp³-hybridized carbons (Fsp3) is 0.279. The van der Waals surface area contributed by atoms with Crippen molar-refractivity contribution in [2.24, 2.45) is 5.92 Å². The van der Waals surface area contributed by atoms with E-state index in [1.807, 2.05) is 74.6 Å². The summed E-state index contributed by atoms with van der Waals surface area (Å²) in [7, 11) is 1.58. The van der Waals surface area contributed by atoms with Crippen molar-refractivity contribution in [1.29, 1.82) is 0 Å². The Labute approximate surface area is 313 Å². The van der Waals surface area contributed by atoms with Gasteiger partial charge < -0.3 is 19.4 Å². The van der Waals surface area contributed by atoms with Crippen LogP contribution in [0.25, 0.3) is 22.0 Å². The van der Waals surface area contributed by atoms with E-state index >= 15 is 0 Å². The van der Waals surface area contributed by atoms with E-state index in [1.54, 1.807) is 7.05 Å². The molecule has 1 aliphatic rings. The molecule has 9 heteroatoms. The third-order valence-corrected chi connectivity index (χ3v) is 10.1. The number of amides is 2. The third-order valence-electron chi connectivity index (χ3n) is 9.60. The van der Waals surface area contributed by atoms with Crippen LogP contribution in [0.15, 0.2) is 120 Å². The number of ether oxygens (including phenoxy) is 2. The van der Waals surface area contributed by atoms with Crippen LogP contribution in [0, 0.1) is 5.92 Å². The summed E-state index contributed by atoms with van der Waals surface area (Å²) in [6, 6.07) is 30.6. The molecule has 0 fully saturated rings. The zero-order chi connectivity index (χ0) is 36.8. The van der Waals surface area contributed by atoms with Crippen molar-refractivity contribution in [3.8, 4) is 11.1 Å². The first-order chi connectivity index (χ1) is 25.1.